The van der Waals surface area contributed by atoms with Crippen molar-refractivity contribution in [1.82, 2.24) is 9.88 Å². The number of carbonyl (C=O) groups is 2. The summed E-state index contributed by atoms with van der Waals surface area (Å²) in [7, 11) is 0. The van der Waals surface area contributed by atoms with Crippen LogP contribution in [0.25, 0.3) is 10.9 Å². The number of alkyl carbamates (subject to hydrolysis) is 1. The van der Waals surface area contributed by atoms with Crippen LogP contribution in [0, 0.1) is 0 Å². The molecule has 8 nitrogen and oxygen atoms in total. The van der Waals surface area contributed by atoms with Crippen LogP contribution in [0.2, 0.25) is 0 Å². The average molecular weight is 435 g/mol. The molecule has 0 radical (unpaired) electrons. The van der Waals surface area contributed by atoms with Gasteiger partial charge in [0.1, 0.15) is 23.5 Å². The van der Waals surface area contributed by atoms with Crippen molar-refractivity contribution in [2.24, 2.45) is 0 Å². The largest absolute Gasteiger partial charge is 0.489 e. The summed E-state index contributed by atoms with van der Waals surface area (Å²) in [6.45, 7) is 8.71. The van der Waals surface area contributed by atoms with Gasteiger partial charge in [0.15, 0.2) is 0 Å². The molecule has 0 saturated heterocycles. The predicted molar refractivity (Wildman–Crippen MR) is 115 cm³/mol. The van der Waals surface area contributed by atoms with E-state index in [0.29, 0.717) is 42.1 Å². The first-order valence-corrected chi connectivity index (χ1v) is 10.8. The normalized spacial score (nSPS) is 12.9. The second-order valence-electron chi connectivity index (χ2n) is 7.73. The molecular weight excluding hydrogens is 408 g/mol. The molecule has 162 valence electrons. The van der Waals surface area contributed by atoms with Gasteiger partial charge in [0.2, 0.25) is 5.43 Å². The van der Waals surface area contributed by atoms with Crippen LogP contribution in [-0.4, -0.2) is 47.7 Å². The number of ether oxygens (including phenoxy) is 3. The molecule has 2 heterocycles. The molecule has 1 aromatic heterocycles. The van der Waals surface area contributed by atoms with Crippen LogP contribution in [0.1, 0.15) is 38.1 Å². The average Bonchev–Trinajstić information content (AvgIpc) is 2.66. The van der Waals surface area contributed by atoms with Crippen LogP contribution in [0.4, 0.5) is 4.79 Å². The van der Waals surface area contributed by atoms with Gasteiger partial charge >= 0.3 is 12.1 Å². The van der Waals surface area contributed by atoms with Crippen LogP contribution >= 0.6 is 11.8 Å². The zero-order valence-corrected chi connectivity index (χ0v) is 18.4. The van der Waals surface area contributed by atoms with Gasteiger partial charge in [-0.3, -0.25) is 4.79 Å². The highest BCUT2D eigenvalue weighted by atomic mass is 32.2. The maximum Gasteiger partial charge on any atom is 0.407 e. The van der Waals surface area contributed by atoms with Crippen molar-refractivity contribution >= 4 is 34.7 Å². The van der Waals surface area contributed by atoms with Crippen LogP contribution < -0.4 is 15.5 Å². The number of hydrogen-bond acceptors (Lipinski definition) is 7. The van der Waals surface area contributed by atoms with E-state index >= 15 is 0 Å². The Bertz CT molecular complexity index is 1020. The quantitative estimate of drug-likeness (QED) is 0.424. The number of thioether (sulfide) groups is 1. The fourth-order valence-electron chi connectivity index (χ4n) is 3.09. The molecule has 1 amide bonds. The lowest BCUT2D eigenvalue weighted by Gasteiger charge is -2.22. The second-order valence-corrected chi connectivity index (χ2v) is 8.90. The van der Waals surface area contributed by atoms with Gasteiger partial charge in [0.05, 0.1) is 24.1 Å². The van der Waals surface area contributed by atoms with Crippen molar-refractivity contribution in [3.63, 3.8) is 0 Å². The fourth-order valence-corrected chi connectivity index (χ4v) is 3.92. The van der Waals surface area contributed by atoms with Crippen molar-refractivity contribution in [1.29, 1.82) is 0 Å². The lowest BCUT2D eigenvalue weighted by atomic mass is 10.1. The van der Waals surface area contributed by atoms with E-state index in [0.717, 1.165) is 4.90 Å². The van der Waals surface area contributed by atoms with Crippen molar-refractivity contribution < 1.29 is 23.8 Å². The molecule has 0 saturated carbocycles. The Hall–Kier alpha value is -2.68. The molecule has 0 unspecified atom stereocenters. The van der Waals surface area contributed by atoms with E-state index in [1.54, 1.807) is 40.0 Å². The maximum absolute atomic E-state index is 12.9. The molecule has 30 heavy (non-hydrogen) atoms. The van der Waals surface area contributed by atoms with Gasteiger partial charge in [0, 0.05) is 23.4 Å². The minimum atomic E-state index is -0.624. The van der Waals surface area contributed by atoms with Gasteiger partial charge in [-0.1, -0.05) is 0 Å². The minimum Gasteiger partial charge on any atom is -0.489 e. The minimum absolute atomic E-state index is 0.0194. The van der Waals surface area contributed by atoms with E-state index in [1.807, 2.05) is 10.6 Å². The highest BCUT2D eigenvalue weighted by molar-refractivity contribution is 7.99. The van der Waals surface area contributed by atoms with E-state index in [4.69, 9.17) is 14.2 Å². The van der Waals surface area contributed by atoms with Crippen LogP contribution in [-0.2, 0) is 16.0 Å². The van der Waals surface area contributed by atoms with Crippen molar-refractivity contribution in [2.45, 2.75) is 44.7 Å². The molecule has 9 heteroatoms. The van der Waals surface area contributed by atoms with Gasteiger partial charge in [-0.25, -0.2) is 9.59 Å². The number of nitrogens with one attached hydrogen (secondary N) is 1. The summed E-state index contributed by atoms with van der Waals surface area (Å²) in [5.41, 5.74) is -0.228. The third kappa shape index (κ3) is 5.08. The zero-order valence-electron chi connectivity index (χ0n) is 17.6. The summed E-state index contributed by atoms with van der Waals surface area (Å²) < 4.78 is 17.9. The highest BCUT2D eigenvalue weighted by Gasteiger charge is 2.22. The number of esters is 1. The first-order chi connectivity index (χ1) is 14.2. The fraction of sp³-hybridized carbons (Fsp3) is 0.476. The van der Waals surface area contributed by atoms with Gasteiger partial charge in [0.25, 0.3) is 0 Å². The molecule has 3 rings (SSSR count). The predicted octanol–water partition coefficient (Wildman–Crippen LogP) is 3.19. The molecule has 0 fully saturated rings. The molecule has 1 aliphatic rings. The Morgan fingerprint density at radius 1 is 1.30 bits per heavy atom. The number of benzene rings is 1. The summed E-state index contributed by atoms with van der Waals surface area (Å²) in [4.78, 5) is 37.7. The maximum atomic E-state index is 12.9. The van der Waals surface area contributed by atoms with E-state index in [2.05, 4.69) is 5.32 Å². The molecule has 0 aliphatic carbocycles. The number of amides is 1. The van der Waals surface area contributed by atoms with Gasteiger partial charge in [-0.2, -0.15) is 0 Å². The van der Waals surface area contributed by atoms with Crippen molar-refractivity contribution in [3.8, 4) is 5.75 Å². The Morgan fingerprint density at radius 3 is 2.77 bits per heavy atom. The van der Waals surface area contributed by atoms with E-state index in [1.165, 1.54) is 11.8 Å². The lowest BCUT2D eigenvalue weighted by molar-refractivity contribution is 0.0516. The smallest absolute Gasteiger partial charge is 0.407 e. The number of nitrogens with zero attached hydrogens (tertiary/aromatic N) is 1. The number of aromatic nitrogens is 1. The number of hydrogen-bond donors (Lipinski definition) is 1. The summed E-state index contributed by atoms with van der Waals surface area (Å²) in [5.74, 6) is 0.560. The van der Waals surface area contributed by atoms with Crippen LogP contribution in [0.3, 0.4) is 0 Å². The first kappa shape index (κ1) is 22.0. The van der Waals surface area contributed by atoms with Crippen molar-refractivity contribution in [2.75, 3.05) is 25.5 Å². The van der Waals surface area contributed by atoms with Crippen LogP contribution in [0.5, 0.6) is 5.75 Å². The van der Waals surface area contributed by atoms with Gasteiger partial charge in [-0.05, 0) is 39.8 Å². The number of pyridine rings is 1. The zero-order chi connectivity index (χ0) is 21.9. The Labute approximate surface area is 178 Å². The molecule has 0 spiro atoms. The number of carbonyl (C=O) groups excluding carboxylic acids is 2. The Balaban J connectivity index is 1.80. The third-order valence-electron chi connectivity index (χ3n) is 4.23. The third-order valence-corrected chi connectivity index (χ3v) is 5.21. The topological polar surface area (TPSA) is 95.9 Å². The molecule has 2 aromatic rings. The lowest BCUT2D eigenvalue weighted by Crippen LogP contribution is -2.33. The second kappa shape index (κ2) is 8.99. The van der Waals surface area contributed by atoms with E-state index in [9.17, 15) is 14.4 Å². The summed E-state index contributed by atoms with van der Waals surface area (Å²) >= 11 is 1.47. The number of rotatable bonds is 6. The Morgan fingerprint density at radius 2 is 2.07 bits per heavy atom. The molecule has 1 aromatic carbocycles. The monoisotopic (exact) mass is 434 g/mol. The van der Waals surface area contributed by atoms with Gasteiger partial charge in [-0.15, -0.1) is 11.8 Å². The Kier molecular flexibility index (Phi) is 6.60. The van der Waals surface area contributed by atoms with Crippen LogP contribution in [0.15, 0.2) is 28.0 Å². The summed E-state index contributed by atoms with van der Waals surface area (Å²) in [6.07, 6.45) is 1.08. The van der Waals surface area contributed by atoms with E-state index < -0.39 is 17.7 Å². The SMILES string of the molecule is CCOC(=O)c1cn2c3c(cc(SCCNC(=O)OC(C)(C)C)cc3c1=O)OCC2. The first-order valence-electron chi connectivity index (χ1n) is 9.80. The highest BCUT2D eigenvalue weighted by Crippen LogP contribution is 2.33. The molecule has 0 atom stereocenters. The summed E-state index contributed by atoms with van der Waals surface area (Å²) in [5, 5.41) is 3.12. The molecule has 1 N–H and O–H groups in total. The summed E-state index contributed by atoms with van der Waals surface area (Å²) in [6, 6.07) is 3.63. The molecule has 0 bridgehead atoms. The van der Waals surface area contributed by atoms with Gasteiger partial charge < -0.3 is 24.1 Å². The standard InChI is InChI=1S/C21H26N2O6S/c1-5-27-19(25)15-12-23-7-8-28-16-11-13(10-14(17(16)23)18(15)24)30-9-6-22-20(26)29-21(2,3)4/h10-12H,5-9H2,1-4H3,(H,22,26). The molecule has 1 aliphatic heterocycles. The molecular formula is C21H26N2O6S. The van der Waals surface area contributed by atoms with E-state index in [-0.39, 0.29) is 17.6 Å². The van der Waals surface area contributed by atoms with Crippen molar-refractivity contribution in [3.05, 3.63) is 34.1 Å².